The molecule has 0 radical (unpaired) electrons. The number of morpholine rings is 1. The molecule has 2 amide bonds. The minimum atomic E-state index is -0.469. The van der Waals surface area contributed by atoms with Crippen molar-refractivity contribution < 1.29 is 14.3 Å². The van der Waals surface area contributed by atoms with E-state index in [2.05, 4.69) is 11.0 Å². The van der Waals surface area contributed by atoms with Crippen molar-refractivity contribution >= 4 is 23.4 Å². The molecule has 1 aromatic rings. The zero-order valence-corrected chi connectivity index (χ0v) is 18.4. The molecule has 2 heterocycles. The van der Waals surface area contributed by atoms with Gasteiger partial charge in [-0.2, -0.15) is 0 Å². The van der Waals surface area contributed by atoms with E-state index in [-0.39, 0.29) is 11.8 Å². The van der Waals surface area contributed by atoms with Gasteiger partial charge in [-0.05, 0) is 30.5 Å². The summed E-state index contributed by atoms with van der Waals surface area (Å²) in [6.45, 7) is 5.90. The average Bonchev–Trinajstić information content (AvgIpc) is 2.80. The Morgan fingerprint density at radius 1 is 0.933 bits per heavy atom. The Morgan fingerprint density at radius 2 is 1.60 bits per heavy atom. The number of halogens is 1. The van der Waals surface area contributed by atoms with Gasteiger partial charge in [-0.1, -0.05) is 43.0 Å². The molecule has 3 aliphatic rings. The van der Waals surface area contributed by atoms with E-state index < -0.39 is 5.41 Å². The number of piperazine rings is 1. The van der Waals surface area contributed by atoms with Crippen LogP contribution in [0, 0.1) is 0 Å². The zero-order valence-electron chi connectivity index (χ0n) is 17.7. The third-order valence-electron chi connectivity index (χ3n) is 6.88. The Labute approximate surface area is 184 Å². The Kier molecular flexibility index (Phi) is 6.96. The van der Waals surface area contributed by atoms with Crippen molar-refractivity contribution in [3.8, 4) is 0 Å². The van der Waals surface area contributed by atoms with Crippen LogP contribution in [0.25, 0.3) is 0 Å². The van der Waals surface area contributed by atoms with Crippen molar-refractivity contribution in [2.75, 3.05) is 59.0 Å². The highest BCUT2D eigenvalue weighted by Gasteiger charge is 2.44. The molecule has 0 N–H and O–H groups in total. The molecular formula is C23H32ClN3O3. The largest absolute Gasteiger partial charge is 0.379 e. The first-order chi connectivity index (χ1) is 14.6. The van der Waals surface area contributed by atoms with E-state index in [0.29, 0.717) is 51.0 Å². The van der Waals surface area contributed by atoms with Gasteiger partial charge in [0.25, 0.3) is 0 Å². The van der Waals surface area contributed by atoms with Gasteiger partial charge in [-0.3, -0.25) is 14.5 Å². The molecule has 0 bridgehead atoms. The fraction of sp³-hybridized carbons (Fsp3) is 0.652. The van der Waals surface area contributed by atoms with E-state index in [1.807, 2.05) is 28.0 Å². The smallest absolute Gasteiger partial charge is 0.236 e. The van der Waals surface area contributed by atoms with Gasteiger partial charge in [0, 0.05) is 44.3 Å². The molecule has 6 nitrogen and oxygen atoms in total. The summed E-state index contributed by atoms with van der Waals surface area (Å²) in [6.07, 6.45) is 5.07. The first-order valence-corrected chi connectivity index (χ1v) is 11.6. The first kappa shape index (κ1) is 21.6. The van der Waals surface area contributed by atoms with Gasteiger partial charge in [0.05, 0.1) is 25.2 Å². The Balaban J connectivity index is 1.40. The van der Waals surface area contributed by atoms with Gasteiger partial charge in [0.15, 0.2) is 0 Å². The van der Waals surface area contributed by atoms with Gasteiger partial charge in [0.1, 0.15) is 0 Å². The molecule has 0 atom stereocenters. The summed E-state index contributed by atoms with van der Waals surface area (Å²) >= 11 is 6.27. The summed E-state index contributed by atoms with van der Waals surface area (Å²) in [5, 5.41) is 0.684. The number of carbonyl (C=O) groups excluding carboxylic acids is 2. The van der Waals surface area contributed by atoms with Crippen LogP contribution in [0.2, 0.25) is 5.02 Å². The number of benzene rings is 1. The number of ether oxygens (including phenoxy) is 1. The molecule has 0 spiro atoms. The molecule has 30 heavy (non-hydrogen) atoms. The average molecular weight is 434 g/mol. The fourth-order valence-corrected chi connectivity index (χ4v) is 5.27. The molecule has 164 valence electrons. The maximum absolute atomic E-state index is 13.7. The molecule has 1 aromatic carbocycles. The molecule has 1 aliphatic carbocycles. The van der Waals surface area contributed by atoms with Gasteiger partial charge in [-0.25, -0.2) is 0 Å². The van der Waals surface area contributed by atoms with Gasteiger partial charge < -0.3 is 14.5 Å². The lowest BCUT2D eigenvalue weighted by Crippen LogP contribution is -2.57. The fourth-order valence-electron chi connectivity index (χ4n) is 5.08. The minimum Gasteiger partial charge on any atom is -0.379 e. The van der Waals surface area contributed by atoms with Crippen LogP contribution in [0.5, 0.6) is 0 Å². The lowest BCUT2D eigenvalue weighted by Gasteiger charge is -2.43. The molecule has 0 unspecified atom stereocenters. The predicted molar refractivity (Wildman–Crippen MR) is 117 cm³/mol. The summed E-state index contributed by atoms with van der Waals surface area (Å²) < 4.78 is 5.36. The number of hydrogen-bond acceptors (Lipinski definition) is 4. The van der Waals surface area contributed by atoms with E-state index in [4.69, 9.17) is 16.3 Å². The number of nitrogens with zero attached hydrogens (tertiary/aromatic N) is 3. The standard InChI is InChI=1S/C23H32ClN3O3/c24-20-6-4-5-19(17-20)23(7-2-1-3-8-23)22(29)27-11-9-26(10-12-27)21(28)18-25-13-15-30-16-14-25/h4-6,17H,1-3,7-16,18H2. The molecule has 2 aliphatic heterocycles. The summed E-state index contributed by atoms with van der Waals surface area (Å²) in [5.74, 6) is 0.371. The van der Waals surface area contributed by atoms with Crippen molar-refractivity contribution in [2.24, 2.45) is 0 Å². The maximum atomic E-state index is 13.7. The Bertz CT molecular complexity index is 752. The summed E-state index contributed by atoms with van der Waals surface area (Å²) in [5.41, 5.74) is 0.578. The van der Waals surface area contributed by atoms with Gasteiger partial charge in [-0.15, -0.1) is 0 Å². The monoisotopic (exact) mass is 433 g/mol. The topological polar surface area (TPSA) is 53.1 Å². The second-order valence-electron chi connectivity index (χ2n) is 8.71. The van der Waals surface area contributed by atoms with Crippen LogP contribution in [0.3, 0.4) is 0 Å². The number of rotatable bonds is 4. The van der Waals surface area contributed by atoms with Crippen LogP contribution in [0.4, 0.5) is 0 Å². The third kappa shape index (κ3) is 4.66. The lowest BCUT2D eigenvalue weighted by molar-refractivity contribution is -0.145. The zero-order chi connectivity index (χ0) is 21.0. The predicted octanol–water partition coefficient (Wildman–Crippen LogP) is 2.54. The van der Waals surface area contributed by atoms with E-state index in [0.717, 1.165) is 44.3 Å². The van der Waals surface area contributed by atoms with E-state index >= 15 is 0 Å². The maximum Gasteiger partial charge on any atom is 0.236 e. The summed E-state index contributed by atoms with van der Waals surface area (Å²) in [4.78, 5) is 32.5. The van der Waals surface area contributed by atoms with Crippen molar-refractivity contribution in [1.29, 1.82) is 0 Å². The molecular weight excluding hydrogens is 402 g/mol. The minimum absolute atomic E-state index is 0.159. The van der Waals surface area contributed by atoms with Crippen LogP contribution in [0.15, 0.2) is 24.3 Å². The summed E-state index contributed by atoms with van der Waals surface area (Å²) in [6, 6.07) is 7.83. The molecule has 4 rings (SSSR count). The SMILES string of the molecule is O=C(CN1CCOCC1)N1CCN(C(=O)C2(c3cccc(Cl)c3)CCCCC2)CC1. The highest BCUT2D eigenvalue weighted by Crippen LogP contribution is 2.42. The van der Waals surface area contributed by atoms with E-state index in [1.165, 1.54) is 6.42 Å². The number of amides is 2. The molecule has 3 fully saturated rings. The van der Waals surface area contributed by atoms with Gasteiger partial charge >= 0.3 is 0 Å². The lowest BCUT2D eigenvalue weighted by atomic mass is 9.68. The van der Waals surface area contributed by atoms with Gasteiger partial charge in [0.2, 0.25) is 11.8 Å². The van der Waals surface area contributed by atoms with E-state index in [1.54, 1.807) is 0 Å². The Morgan fingerprint density at radius 3 is 2.27 bits per heavy atom. The number of hydrogen-bond donors (Lipinski definition) is 0. The Hall–Kier alpha value is -1.63. The highest BCUT2D eigenvalue weighted by molar-refractivity contribution is 6.30. The molecule has 2 saturated heterocycles. The van der Waals surface area contributed by atoms with Crippen LogP contribution >= 0.6 is 11.6 Å². The third-order valence-corrected chi connectivity index (χ3v) is 7.11. The van der Waals surface area contributed by atoms with E-state index in [9.17, 15) is 9.59 Å². The molecule has 7 heteroatoms. The quantitative estimate of drug-likeness (QED) is 0.732. The van der Waals surface area contributed by atoms with Crippen molar-refractivity contribution in [2.45, 2.75) is 37.5 Å². The van der Waals surface area contributed by atoms with Crippen LogP contribution in [0.1, 0.15) is 37.7 Å². The van der Waals surface area contributed by atoms with Crippen LogP contribution in [-0.2, 0) is 19.7 Å². The normalized spacial score (nSPS) is 22.7. The van der Waals surface area contributed by atoms with Crippen molar-refractivity contribution in [3.63, 3.8) is 0 Å². The molecule has 0 aromatic heterocycles. The highest BCUT2D eigenvalue weighted by atomic mass is 35.5. The molecule has 1 saturated carbocycles. The summed E-state index contributed by atoms with van der Waals surface area (Å²) in [7, 11) is 0. The first-order valence-electron chi connectivity index (χ1n) is 11.2. The van der Waals surface area contributed by atoms with Crippen LogP contribution in [-0.4, -0.2) is 85.5 Å². The van der Waals surface area contributed by atoms with Crippen molar-refractivity contribution in [1.82, 2.24) is 14.7 Å². The number of carbonyl (C=O) groups is 2. The van der Waals surface area contributed by atoms with Crippen LogP contribution < -0.4 is 0 Å². The second kappa shape index (κ2) is 9.67. The van der Waals surface area contributed by atoms with Crippen molar-refractivity contribution in [3.05, 3.63) is 34.9 Å². The second-order valence-corrected chi connectivity index (χ2v) is 9.15.